The van der Waals surface area contributed by atoms with E-state index in [1.54, 1.807) is 12.1 Å². The summed E-state index contributed by atoms with van der Waals surface area (Å²) in [5.41, 5.74) is 0.215. The maximum atomic E-state index is 12.5. The third kappa shape index (κ3) is 3.74. The number of esters is 1. The summed E-state index contributed by atoms with van der Waals surface area (Å²) in [4.78, 5) is 25.9. The van der Waals surface area contributed by atoms with Gasteiger partial charge >= 0.3 is 11.7 Å². The van der Waals surface area contributed by atoms with E-state index in [0.29, 0.717) is 29.4 Å². The SMILES string of the molecule is COC(=O)c1c(N2CCC(CO)C2)sc(-c2ccc(OC)c(C#N)c2)c1[N+](=O)[O-]. The fourth-order valence-corrected chi connectivity index (χ4v) is 4.68. The number of ether oxygens (including phenoxy) is 2. The van der Waals surface area contributed by atoms with Crippen LogP contribution in [-0.2, 0) is 4.74 Å². The van der Waals surface area contributed by atoms with Crippen LogP contribution in [0.4, 0.5) is 10.7 Å². The Labute approximate surface area is 170 Å². The number of benzene rings is 1. The maximum Gasteiger partial charge on any atom is 0.347 e. The Bertz CT molecular complexity index is 997. The summed E-state index contributed by atoms with van der Waals surface area (Å²) in [5.74, 6) is -0.402. The van der Waals surface area contributed by atoms with E-state index in [2.05, 4.69) is 0 Å². The third-order valence-electron chi connectivity index (χ3n) is 4.85. The number of thiophene rings is 1. The Kier molecular flexibility index (Phi) is 6.00. The zero-order chi connectivity index (χ0) is 21.1. The lowest BCUT2D eigenvalue weighted by Gasteiger charge is -2.17. The molecule has 1 fully saturated rings. The normalized spacial score (nSPS) is 15.8. The summed E-state index contributed by atoms with van der Waals surface area (Å²) in [5, 5.41) is 31.1. The lowest BCUT2D eigenvalue weighted by atomic mass is 10.1. The molecule has 2 aromatic rings. The molecule has 152 valence electrons. The number of methoxy groups -OCH3 is 2. The second-order valence-electron chi connectivity index (χ2n) is 6.52. The molecule has 0 spiro atoms. The van der Waals surface area contributed by atoms with Crippen LogP contribution in [0.2, 0.25) is 0 Å². The van der Waals surface area contributed by atoms with Crippen LogP contribution in [0.15, 0.2) is 18.2 Å². The molecular formula is C19H19N3O6S. The summed E-state index contributed by atoms with van der Waals surface area (Å²) < 4.78 is 9.96. The topological polar surface area (TPSA) is 126 Å². The summed E-state index contributed by atoms with van der Waals surface area (Å²) in [7, 11) is 2.61. The van der Waals surface area contributed by atoms with Crippen molar-refractivity contribution in [2.75, 3.05) is 38.8 Å². The molecule has 3 rings (SSSR count). The van der Waals surface area contributed by atoms with Crippen molar-refractivity contribution in [3.8, 4) is 22.3 Å². The summed E-state index contributed by atoms with van der Waals surface area (Å²) in [6.45, 7) is 1.07. The summed E-state index contributed by atoms with van der Waals surface area (Å²) >= 11 is 1.11. The molecule has 0 aliphatic carbocycles. The molecule has 1 atom stereocenters. The van der Waals surface area contributed by atoms with Crippen molar-refractivity contribution in [1.82, 2.24) is 0 Å². The molecule has 9 nitrogen and oxygen atoms in total. The Hall–Kier alpha value is -3.16. The molecule has 1 saturated heterocycles. The molecule has 1 aromatic heterocycles. The van der Waals surface area contributed by atoms with Crippen molar-refractivity contribution in [1.29, 1.82) is 5.26 Å². The molecule has 1 aliphatic rings. The van der Waals surface area contributed by atoms with E-state index in [0.717, 1.165) is 17.8 Å². The number of anilines is 1. The zero-order valence-electron chi connectivity index (χ0n) is 15.9. The van der Waals surface area contributed by atoms with Crippen molar-refractivity contribution in [2.45, 2.75) is 6.42 Å². The van der Waals surface area contributed by atoms with Gasteiger partial charge in [-0.05, 0) is 24.6 Å². The van der Waals surface area contributed by atoms with E-state index in [-0.39, 0.29) is 34.2 Å². The molecular weight excluding hydrogens is 398 g/mol. The van der Waals surface area contributed by atoms with E-state index in [9.17, 15) is 25.3 Å². The number of aliphatic hydroxyl groups excluding tert-OH is 1. The Morgan fingerprint density at radius 3 is 2.79 bits per heavy atom. The minimum atomic E-state index is -0.796. The van der Waals surface area contributed by atoms with Crippen LogP contribution in [0.25, 0.3) is 10.4 Å². The zero-order valence-corrected chi connectivity index (χ0v) is 16.7. The van der Waals surface area contributed by atoms with Crippen LogP contribution in [0.5, 0.6) is 5.75 Å². The first-order chi connectivity index (χ1) is 13.9. The number of nitro groups is 1. The lowest BCUT2D eigenvalue weighted by molar-refractivity contribution is -0.384. The Balaban J connectivity index is 2.21. The van der Waals surface area contributed by atoms with Gasteiger partial charge in [0.15, 0.2) is 5.56 Å². The second kappa shape index (κ2) is 8.46. The highest BCUT2D eigenvalue weighted by Gasteiger charge is 2.37. The predicted molar refractivity (Wildman–Crippen MR) is 106 cm³/mol. The molecule has 1 aliphatic heterocycles. The molecule has 10 heteroatoms. The van der Waals surface area contributed by atoms with E-state index in [1.165, 1.54) is 20.3 Å². The van der Waals surface area contributed by atoms with E-state index in [4.69, 9.17) is 9.47 Å². The summed E-state index contributed by atoms with van der Waals surface area (Å²) in [6, 6.07) is 6.69. The van der Waals surface area contributed by atoms with Crippen molar-refractivity contribution in [3.63, 3.8) is 0 Å². The van der Waals surface area contributed by atoms with Crippen molar-refractivity contribution in [3.05, 3.63) is 39.4 Å². The molecule has 0 radical (unpaired) electrons. The molecule has 1 unspecified atom stereocenters. The van der Waals surface area contributed by atoms with Gasteiger partial charge in [-0.2, -0.15) is 5.26 Å². The van der Waals surface area contributed by atoms with Crippen molar-refractivity contribution in [2.24, 2.45) is 5.92 Å². The van der Waals surface area contributed by atoms with Crippen molar-refractivity contribution >= 4 is 28.0 Å². The van der Waals surface area contributed by atoms with Gasteiger partial charge in [0.2, 0.25) is 0 Å². The second-order valence-corrected chi connectivity index (χ2v) is 7.52. The monoisotopic (exact) mass is 417 g/mol. The van der Waals surface area contributed by atoms with Gasteiger partial charge in [0.05, 0.1) is 24.7 Å². The standard InChI is InChI=1S/C19H19N3O6S/c1-27-14-4-3-12(7-13(14)8-20)17-16(22(25)26)15(19(24)28-2)18(29-17)21-6-5-11(9-21)10-23/h3-4,7,11,23H,5-6,9-10H2,1-2H3. The number of carbonyl (C=O) groups is 1. The Morgan fingerprint density at radius 2 is 2.24 bits per heavy atom. The van der Waals surface area contributed by atoms with Gasteiger partial charge in [0.1, 0.15) is 21.7 Å². The average Bonchev–Trinajstić information content (AvgIpc) is 3.37. The largest absolute Gasteiger partial charge is 0.495 e. The van der Waals surface area contributed by atoms with Crippen LogP contribution in [0.1, 0.15) is 22.3 Å². The van der Waals surface area contributed by atoms with Gasteiger partial charge < -0.3 is 19.5 Å². The molecule has 0 amide bonds. The van der Waals surface area contributed by atoms with Crippen LogP contribution < -0.4 is 9.64 Å². The van der Waals surface area contributed by atoms with Gasteiger partial charge in [0.25, 0.3) is 0 Å². The number of aliphatic hydroxyl groups is 1. The van der Waals surface area contributed by atoms with Gasteiger partial charge in [0, 0.05) is 31.2 Å². The molecule has 1 aromatic carbocycles. The predicted octanol–water partition coefficient (Wildman–Crippen LogP) is 2.81. The minimum Gasteiger partial charge on any atom is -0.495 e. The van der Waals surface area contributed by atoms with Gasteiger partial charge in [-0.3, -0.25) is 10.1 Å². The molecule has 0 saturated carbocycles. The Morgan fingerprint density at radius 1 is 1.48 bits per heavy atom. The minimum absolute atomic E-state index is 0.00833. The van der Waals surface area contributed by atoms with Crippen LogP contribution in [0, 0.1) is 27.4 Å². The highest BCUT2D eigenvalue weighted by molar-refractivity contribution is 7.20. The fraction of sp³-hybridized carbons (Fsp3) is 0.368. The first kappa shape index (κ1) is 20.6. The number of rotatable bonds is 6. The smallest absolute Gasteiger partial charge is 0.347 e. The summed E-state index contributed by atoms with van der Waals surface area (Å²) in [6.07, 6.45) is 0.721. The quantitative estimate of drug-likeness (QED) is 0.432. The molecule has 29 heavy (non-hydrogen) atoms. The number of hydrogen-bond donors (Lipinski definition) is 1. The highest BCUT2D eigenvalue weighted by Crippen LogP contribution is 2.48. The molecule has 0 bridgehead atoms. The molecule has 1 N–H and O–H groups in total. The lowest BCUT2D eigenvalue weighted by Crippen LogP contribution is -2.22. The number of nitrogens with zero attached hydrogens (tertiary/aromatic N) is 3. The fourth-order valence-electron chi connectivity index (χ4n) is 3.39. The molecule has 2 heterocycles. The maximum absolute atomic E-state index is 12.5. The average molecular weight is 417 g/mol. The van der Waals surface area contributed by atoms with E-state index < -0.39 is 10.9 Å². The van der Waals surface area contributed by atoms with Crippen LogP contribution in [0.3, 0.4) is 0 Å². The van der Waals surface area contributed by atoms with Gasteiger partial charge in [-0.25, -0.2) is 4.79 Å². The van der Waals surface area contributed by atoms with Gasteiger partial charge in [-0.1, -0.05) is 0 Å². The highest BCUT2D eigenvalue weighted by atomic mass is 32.1. The number of carbonyl (C=O) groups excluding carboxylic acids is 1. The first-order valence-corrected chi connectivity index (χ1v) is 9.60. The van der Waals surface area contributed by atoms with Gasteiger partial charge in [-0.15, -0.1) is 11.3 Å². The van der Waals surface area contributed by atoms with Crippen LogP contribution in [-0.4, -0.2) is 49.9 Å². The first-order valence-electron chi connectivity index (χ1n) is 8.78. The van der Waals surface area contributed by atoms with Crippen LogP contribution >= 0.6 is 11.3 Å². The third-order valence-corrected chi connectivity index (χ3v) is 6.14. The van der Waals surface area contributed by atoms with E-state index in [1.807, 2.05) is 11.0 Å². The van der Waals surface area contributed by atoms with Crippen molar-refractivity contribution < 1.29 is 24.3 Å². The van der Waals surface area contributed by atoms with E-state index >= 15 is 0 Å². The number of nitriles is 1. The number of hydrogen-bond acceptors (Lipinski definition) is 9.